The van der Waals surface area contributed by atoms with E-state index in [-0.39, 0.29) is 0 Å². The van der Waals surface area contributed by atoms with Crippen molar-refractivity contribution in [3.05, 3.63) is 35.1 Å². The maximum atomic E-state index is 5.42. The molecule has 1 saturated heterocycles. The number of hydrogen-bond donors (Lipinski definition) is 0. The minimum absolute atomic E-state index is 0.646. The van der Waals surface area contributed by atoms with Gasteiger partial charge < -0.3 is 0 Å². The number of benzene rings is 1. The summed E-state index contributed by atoms with van der Waals surface area (Å²) in [4.78, 5) is 2.35. The quantitative estimate of drug-likeness (QED) is 0.790. The molecule has 1 aliphatic heterocycles. The van der Waals surface area contributed by atoms with Crippen molar-refractivity contribution in [2.75, 3.05) is 13.1 Å². The highest BCUT2D eigenvalue weighted by atomic mass is 32.1. The fourth-order valence-electron chi connectivity index (χ4n) is 2.21. The van der Waals surface area contributed by atoms with Crippen molar-refractivity contribution in [2.24, 2.45) is 0 Å². The molecule has 0 radical (unpaired) electrons. The normalized spacial score (nSPS) is 16.2. The molecule has 0 saturated carbocycles. The molecule has 5 nitrogen and oxygen atoms in total. The van der Waals surface area contributed by atoms with Gasteiger partial charge >= 0.3 is 0 Å². The number of aromatic nitrogens is 4. The molecule has 18 heavy (non-hydrogen) atoms. The van der Waals surface area contributed by atoms with E-state index in [0.29, 0.717) is 4.77 Å². The summed E-state index contributed by atoms with van der Waals surface area (Å²) < 4.78 is 4.13. The molecule has 2 heterocycles. The Morgan fingerprint density at radius 1 is 1.06 bits per heavy atom. The van der Waals surface area contributed by atoms with Crippen LogP contribution in [0.5, 0.6) is 0 Å². The van der Waals surface area contributed by atoms with Crippen molar-refractivity contribution >= 4 is 12.2 Å². The average Bonchev–Trinajstić information content (AvgIpc) is 3.03. The third-order valence-corrected chi connectivity index (χ3v) is 3.56. The molecule has 94 valence electrons. The van der Waals surface area contributed by atoms with Crippen LogP contribution in [0.3, 0.4) is 0 Å². The van der Waals surface area contributed by atoms with E-state index in [1.165, 1.54) is 12.8 Å². The first-order valence-electron chi connectivity index (χ1n) is 6.15. The molecule has 1 fully saturated rings. The van der Waals surface area contributed by atoms with Crippen LogP contribution in [-0.2, 0) is 6.67 Å². The highest BCUT2D eigenvalue weighted by molar-refractivity contribution is 7.71. The maximum absolute atomic E-state index is 5.42. The van der Waals surface area contributed by atoms with E-state index in [9.17, 15) is 0 Å². The Bertz CT molecular complexity index is 568. The van der Waals surface area contributed by atoms with Gasteiger partial charge in [0.05, 0.1) is 12.4 Å². The van der Waals surface area contributed by atoms with Gasteiger partial charge in [0.15, 0.2) is 0 Å². The Morgan fingerprint density at radius 2 is 1.78 bits per heavy atom. The second-order valence-electron chi connectivity index (χ2n) is 4.47. The molecule has 0 aliphatic carbocycles. The Morgan fingerprint density at radius 3 is 2.50 bits per heavy atom. The molecule has 1 aromatic carbocycles. The number of likely N-dealkylation sites (tertiary alicyclic amines) is 1. The number of tetrazole rings is 1. The fourth-order valence-corrected chi connectivity index (χ4v) is 2.44. The first-order valence-corrected chi connectivity index (χ1v) is 6.56. The van der Waals surface area contributed by atoms with E-state index < -0.39 is 0 Å². The van der Waals surface area contributed by atoms with Crippen molar-refractivity contribution < 1.29 is 0 Å². The largest absolute Gasteiger partial charge is 0.284 e. The zero-order valence-corrected chi connectivity index (χ0v) is 10.9. The highest BCUT2D eigenvalue weighted by Crippen LogP contribution is 2.10. The van der Waals surface area contributed by atoms with Gasteiger partial charge in [-0.3, -0.25) is 4.90 Å². The van der Waals surface area contributed by atoms with Gasteiger partial charge in [-0.1, -0.05) is 18.2 Å². The summed E-state index contributed by atoms with van der Waals surface area (Å²) in [7, 11) is 0. The molecular formula is C12H15N5S. The van der Waals surface area contributed by atoms with Crippen molar-refractivity contribution in [2.45, 2.75) is 19.5 Å². The summed E-state index contributed by atoms with van der Waals surface area (Å²) in [6.07, 6.45) is 2.53. The Kier molecular flexibility index (Phi) is 3.21. The van der Waals surface area contributed by atoms with Gasteiger partial charge in [0.1, 0.15) is 0 Å². The van der Waals surface area contributed by atoms with Crippen LogP contribution in [0, 0.1) is 4.77 Å². The SMILES string of the molecule is S=c1n(CN2CCCC2)nnn1-c1ccccc1. The molecule has 1 aromatic heterocycles. The topological polar surface area (TPSA) is 38.9 Å². The van der Waals surface area contributed by atoms with Crippen LogP contribution in [0.25, 0.3) is 5.69 Å². The van der Waals surface area contributed by atoms with E-state index >= 15 is 0 Å². The second-order valence-corrected chi connectivity index (χ2v) is 4.84. The van der Waals surface area contributed by atoms with E-state index in [1.54, 1.807) is 9.36 Å². The van der Waals surface area contributed by atoms with Gasteiger partial charge in [-0.05, 0) is 60.7 Å². The van der Waals surface area contributed by atoms with Crippen LogP contribution >= 0.6 is 12.2 Å². The Labute approximate surface area is 111 Å². The molecule has 2 aromatic rings. The van der Waals surface area contributed by atoms with Crippen LogP contribution in [0.2, 0.25) is 0 Å². The number of nitrogens with zero attached hydrogens (tertiary/aromatic N) is 5. The monoisotopic (exact) mass is 261 g/mol. The van der Waals surface area contributed by atoms with Crippen LogP contribution in [0.1, 0.15) is 12.8 Å². The molecule has 0 amide bonds. The third-order valence-electron chi connectivity index (χ3n) is 3.17. The summed E-state index contributed by atoms with van der Waals surface area (Å²) in [6.45, 7) is 2.99. The van der Waals surface area contributed by atoms with Crippen molar-refractivity contribution in [3.63, 3.8) is 0 Å². The predicted octanol–water partition coefficient (Wildman–Crippen LogP) is 1.85. The summed E-state index contributed by atoms with van der Waals surface area (Å²) in [5.41, 5.74) is 0.954. The van der Waals surface area contributed by atoms with Crippen LogP contribution < -0.4 is 0 Å². The first kappa shape index (κ1) is 11.6. The maximum Gasteiger partial charge on any atom is 0.221 e. The highest BCUT2D eigenvalue weighted by Gasteiger charge is 2.14. The summed E-state index contributed by atoms with van der Waals surface area (Å²) in [5, 5.41) is 8.27. The smallest absolute Gasteiger partial charge is 0.221 e. The van der Waals surface area contributed by atoms with Crippen LogP contribution in [0.4, 0.5) is 0 Å². The average molecular weight is 261 g/mol. The van der Waals surface area contributed by atoms with Gasteiger partial charge in [-0.15, -0.1) is 0 Å². The lowest BCUT2D eigenvalue weighted by Gasteiger charge is -2.12. The van der Waals surface area contributed by atoms with Gasteiger partial charge in [0.2, 0.25) is 4.77 Å². The Hall–Kier alpha value is -1.53. The van der Waals surface area contributed by atoms with Gasteiger partial charge in [0, 0.05) is 0 Å². The molecule has 0 atom stereocenters. The van der Waals surface area contributed by atoms with Crippen LogP contribution in [0.15, 0.2) is 30.3 Å². The van der Waals surface area contributed by atoms with Gasteiger partial charge in [-0.25, -0.2) is 4.68 Å². The second kappa shape index (κ2) is 4.99. The fraction of sp³-hybridized carbons (Fsp3) is 0.417. The predicted molar refractivity (Wildman–Crippen MR) is 71.0 cm³/mol. The van der Waals surface area contributed by atoms with Crippen molar-refractivity contribution in [1.29, 1.82) is 0 Å². The number of para-hydroxylation sites is 1. The van der Waals surface area contributed by atoms with E-state index in [4.69, 9.17) is 12.2 Å². The molecule has 3 rings (SSSR count). The van der Waals surface area contributed by atoms with Crippen molar-refractivity contribution in [3.8, 4) is 5.69 Å². The molecule has 0 unspecified atom stereocenters. The lowest BCUT2D eigenvalue weighted by Crippen LogP contribution is -2.23. The molecule has 0 N–H and O–H groups in total. The Balaban J connectivity index is 1.86. The lowest BCUT2D eigenvalue weighted by molar-refractivity contribution is 0.251. The van der Waals surface area contributed by atoms with Gasteiger partial charge in [-0.2, -0.15) is 4.68 Å². The minimum atomic E-state index is 0.646. The summed E-state index contributed by atoms with van der Waals surface area (Å²) in [6, 6.07) is 9.87. The minimum Gasteiger partial charge on any atom is -0.284 e. The first-order chi connectivity index (χ1) is 8.84. The standard InChI is InChI=1S/C12H15N5S/c18-12-16(10-15-8-4-5-9-15)13-14-17(12)11-6-2-1-3-7-11/h1-3,6-7H,4-5,8-10H2. The van der Waals surface area contributed by atoms with E-state index in [1.807, 2.05) is 30.3 Å². The molecule has 0 spiro atoms. The number of hydrogen-bond acceptors (Lipinski definition) is 4. The molecular weight excluding hydrogens is 246 g/mol. The molecule has 6 heteroatoms. The van der Waals surface area contributed by atoms with E-state index in [0.717, 1.165) is 25.4 Å². The molecule has 1 aliphatic rings. The summed E-state index contributed by atoms with van der Waals surface area (Å²) in [5.74, 6) is 0. The zero-order chi connectivity index (χ0) is 12.4. The molecule has 0 bridgehead atoms. The number of rotatable bonds is 3. The lowest BCUT2D eigenvalue weighted by atomic mass is 10.3. The van der Waals surface area contributed by atoms with Crippen molar-refractivity contribution in [1.82, 2.24) is 24.7 Å². The zero-order valence-electron chi connectivity index (χ0n) is 10.1. The van der Waals surface area contributed by atoms with E-state index in [2.05, 4.69) is 15.3 Å². The third kappa shape index (κ3) is 2.21. The van der Waals surface area contributed by atoms with Crippen LogP contribution in [-0.4, -0.2) is 37.8 Å². The van der Waals surface area contributed by atoms with Gasteiger partial charge in [0.25, 0.3) is 0 Å². The summed E-state index contributed by atoms with van der Waals surface area (Å²) >= 11 is 5.42.